The van der Waals surface area contributed by atoms with Crippen molar-refractivity contribution >= 4 is 16.6 Å². The molecule has 6 nitrogen and oxygen atoms in total. The molecule has 166 valence electrons. The fraction of sp³-hybridized carbons (Fsp3) is 0.125. The molecule has 0 aliphatic rings. The Balaban J connectivity index is 1.68. The van der Waals surface area contributed by atoms with Crippen LogP contribution in [0.3, 0.4) is 0 Å². The van der Waals surface area contributed by atoms with Crippen LogP contribution in [0.4, 0.5) is 13.2 Å². The molecule has 0 unspecified atom stereocenters. The first-order valence-electron chi connectivity index (χ1n) is 10.0. The van der Waals surface area contributed by atoms with Gasteiger partial charge in [-0.15, -0.1) is 5.10 Å². The summed E-state index contributed by atoms with van der Waals surface area (Å²) in [6.07, 6.45) is -4.47. The van der Waals surface area contributed by atoms with Gasteiger partial charge in [0, 0.05) is 10.9 Å². The average Bonchev–Trinajstić information content (AvgIpc) is 3.27. The van der Waals surface area contributed by atoms with E-state index in [1.807, 2.05) is 6.07 Å². The molecule has 3 aromatic carbocycles. The first-order chi connectivity index (χ1) is 15.8. The van der Waals surface area contributed by atoms with Gasteiger partial charge in [-0.3, -0.25) is 4.57 Å². The summed E-state index contributed by atoms with van der Waals surface area (Å²) in [5.41, 5.74) is 0.733. The predicted molar refractivity (Wildman–Crippen MR) is 117 cm³/mol. The van der Waals surface area contributed by atoms with Crippen LogP contribution in [0, 0.1) is 0 Å². The van der Waals surface area contributed by atoms with Gasteiger partial charge in [-0.1, -0.05) is 24.3 Å². The summed E-state index contributed by atoms with van der Waals surface area (Å²) >= 11 is 0. The van der Waals surface area contributed by atoms with Crippen LogP contribution in [0.5, 0.6) is 5.75 Å². The van der Waals surface area contributed by atoms with Crippen molar-refractivity contribution in [1.82, 2.24) is 19.2 Å². The van der Waals surface area contributed by atoms with Crippen LogP contribution in [-0.4, -0.2) is 26.3 Å². The van der Waals surface area contributed by atoms with E-state index in [0.717, 1.165) is 12.1 Å². The van der Waals surface area contributed by atoms with Crippen molar-refractivity contribution in [1.29, 1.82) is 0 Å². The Morgan fingerprint density at radius 1 is 0.970 bits per heavy atom. The molecule has 0 aliphatic heterocycles. The van der Waals surface area contributed by atoms with Crippen LogP contribution in [0.2, 0.25) is 0 Å². The van der Waals surface area contributed by atoms with Gasteiger partial charge in [0.15, 0.2) is 11.5 Å². The van der Waals surface area contributed by atoms with Crippen molar-refractivity contribution in [3.05, 3.63) is 94.4 Å². The minimum atomic E-state index is -4.47. The van der Waals surface area contributed by atoms with E-state index < -0.39 is 17.4 Å². The summed E-state index contributed by atoms with van der Waals surface area (Å²) in [6, 6.07) is 19.2. The number of aromatic nitrogens is 4. The Morgan fingerprint density at radius 2 is 1.73 bits per heavy atom. The summed E-state index contributed by atoms with van der Waals surface area (Å²) in [6.45, 7) is -0.0447. The van der Waals surface area contributed by atoms with Gasteiger partial charge in [-0.2, -0.15) is 17.7 Å². The Labute approximate surface area is 185 Å². The molecule has 5 rings (SSSR count). The van der Waals surface area contributed by atoms with Crippen LogP contribution < -0.4 is 10.4 Å². The third-order valence-electron chi connectivity index (χ3n) is 5.40. The van der Waals surface area contributed by atoms with E-state index in [9.17, 15) is 18.0 Å². The molecule has 5 aromatic rings. The van der Waals surface area contributed by atoms with Crippen molar-refractivity contribution in [2.75, 3.05) is 7.11 Å². The van der Waals surface area contributed by atoms with Crippen molar-refractivity contribution < 1.29 is 17.9 Å². The molecule has 33 heavy (non-hydrogen) atoms. The minimum Gasteiger partial charge on any atom is -0.497 e. The maximum absolute atomic E-state index is 13.4. The van der Waals surface area contributed by atoms with Gasteiger partial charge in [0.2, 0.25) is 0 Å². The first-order valence-corrected chi connectivity index (χ1v) is 10.0. The highest BCUT2D eigenvalue weighted by atomic mass is 19.4. The normalized spacial score (nSPS) is 11.9. The van der Waals surface area contributed by atoms with Crippen LogP contribution >= 0.6 is 0 Å². The highest BCUT2D eigenvalue weighted by Crippen LogP contribution is 2.30. The number of halogens is 3. The lowest BCUT2D eigenvalue weighted by molar-refractivity contribution is -0.137. The summed E-state index contributed by atoms with van der Waals surface area (Å²) in [5, 5.41) is 5.06. The highest BCUT2D eigenvalue weighted by Gasteiger charge is 2.30. The Morgan fingerprint density at radius 3 is 2.45 bits per heavy atom. The van der Waals surface area contributed by atoms with E-state index in [-0.39, 0.29) is 6.54 Å². The SMILES string of the molecule is COc1ccc(-c2nc3c4ccccc4n(Cc4cccc(C(F)(F)F)c4)c(=O)n3n2)cc1. The number of ether oxygens (including phenoxy) is 1. The van der Waals surface area contributed by atoms with E-state index in [0.29, 0.717) is 39.3 Å². The number of hydrogen-bond acceptors (Lipinski definition) is 4. The van der Waals surface area contributed by atoms with Crippen molar-refractivity contribution in [3.63, 3.8) is 0 Å². The fourth-order valence-electron chi connectivity index (χ4n) is 3.78. The summed E-state index contributed by atoms with van der Waals surface area (Å²) in [4.78, 5) is 17.9. The second kappa shape index (κ2) is 7.77. The molecule has 0 amide bonds. The molecule has 0 bridgehead atoms. The molecule has 0 fully saturated rings. The number of alkyl halides is 3. The number of benzene rings is 3. The molecule has 0 radical (unpaired) electrons. The zero-order chi connectivity index (χ0) is 23.2. The third kappa shape index (κ3) is 3.71. The van der Waals surface area contributed by atoms with Gasteiger partial charge in [-0.05, 0) is 54.1 Å². The van der Waals surface area contributed by atoms with Crippen LogP contribution in [0.15, 0.2) is 77.6 Å². The van der Waals surface area contributed by atoms with E-state index in [1.165, 1.54) is 15.1 Å². The molecular formula is C24H17F3N4O2. The standard InChI is InChI=1S/C24H17F3N4O2/c1-33-18-11-9-16(10-12-18)21-28-22-19-7-2-3-8-20(19)30(23(32)31(22)29-21)14-15-5-4-6-17(13-15)24(25,26)27/h2-13H,14H2,1H3. The second-order valence-electron chi connectivity index (χ2n) is 7.48. The molecule has 0 saturated carbocycles. The number of hydrogen-bond donors (Lipinski definition) is 0. The zero-order valence-electron chi connectivity index (χ0n) is 17.4. The molecule has 2 heterocycles. The van der Waals surface area contributed by atoms with Crippen molar-refractivity contribution in [2.24, 2.45) is 0 Å². The lowest BCUT2D eigenvalue weighted by Crippen LogP contribution is -2.28. The topological polar surface area (TPSA) is 61.4 Å². The predicted octanol–water partition coefficient (Wildman–Crippen LogP) is 4.79. The zero-order valence-corrected chi connectivity index (χ0v) is 17.4. The van der Waals surface area contributed by atoms with Crippen molar-refractivity contribution in [2.45, 2.75) is 12.7 Å². The second-order valence-corrected chi connectivity index (χ2v) is 7.48. The lowest BCUT2D eigenvalue weighted by atomic mass is 10.1. The van der Waals surface area contributed by atoms with Gasteiger partial charge in [0.1, 0.15) is 5.75 Å². The molecule has 0 spiro atoms. The number of rotatable bonds is 4. The van der Waals surface area contributed by atoms with Crippen LogP contribution in [0.1, 0.15) is 11.1 Å². The maximum atomic E-state index is 13.4. The smallest absolute Gasteiger partial charge is 0.416 e. The van der Waals surface area contributed by atoms with Gasteiger partial charge in [0.25, 0.3) is 0 Å². The highest BCUT2D eigenvalue weighted by molar-refractivity contribution is 5.92. The van der Waals surface area contributed by atoms with Gasteiger partial charge >= 0.3 is 11.9 Å². The Hall–Kier alpha value is -4.14. The minimum absolute atomic E-state index is 0.0447. The fourth-order valence-corrected chi connectivity index (χ4v) is 3.78. The number of methoxy groups -OCH3 is 1. The molecule has 0 saturated heterocycles. The summed E-state index contributed by atoms with van der Waals surface area (Å²) in [7, 11) is 1.57. The van der Waals surface area contributed by atoms with Crippen LogP contribution in [-0.2, 0) is 12.7 Å². The third-order valence-corrected chi connectivity index (χ3v) is 5.40. The molecule has 0 N–H and O–H groups in total. The summed E-state index contributed by atoms with van der Waals surface area (Å²) < 4.78 is 47.2. The number of fused-ring (bicyclic) bond motifs is 3. The summed E-state index contributed by atoms with van der Waals surface area (Å²) in [5.74, 6) is 1.04. The monoisotopic (exact) mass is 450 g/mol. The number of nitrogens with zero attached hydrogens (tertiary/aromatic N) is 4. The molecular weight excluding hydrogens is 433 g/mol. The maximum Gasteiger partial charge on any atom is 0.416 e. The lowest BCUT2D eigenvalue weighted by Gasteiger charge is -2.13. The Bertz CT molecular complexity index is 1540. The van der Waals surface area contributed by atoms with Gasteiger partial charge in [0.05, 0.1) is 24.7 Å². The quantitative estimate of drug-likeness (QED) is 0.395. The Kier molecular flexibility index (Phi) is 4.88. The molecule has 0 atom stereocenters. The molecule has 2 aromatic heterocycles. The van der Waals surface area contributed by atoms with E-state index in [2.05, 4.69) is 10.1 Å². The van der Waals surface area contributed by atoms with Gasteiger partial charge in [-0.25, -0.2) is 9.78 Å². The molecule has 9 heteroatoms. The van der Waals surface area contributed by atoms with Crippen molar-refractivity contribution in [3.8, 4) is 17.1 Å². The van der Waals surface area contributed by atoms with E-state index in [4.69, 9.17) is 4.74 Å². The number of para-hydroxylation sites is 1. The van der Waals surface area contributed by atoms with Gasteiger partial charge < -0.3 is 4.74 Å². The molecule has 0 aliphatic carbocycles. The average molecular weight is 450 g/mol. The first kappa shape index (κ1) is 20.7. The van der Waals surface area contributed by atoms with E-state index >= 15 is 0 Å². The van der Waals surface area contributed by atoms with Crippen LogP contribution in [0.25, 0.3) is 27.9 Å². The largest absolute Gasteiger partial charge is 0.497 e. The van der Waals surface area contributed by atoms with E-state index in [1.54, 1.807) is 55.6 Å².